The van der Waals surface area contributed by atoms with E-state index >= 15 is 0 Å². The van der Waals surface area contributed by atoms with Crippen LogP contribution in [0.15, 0.2) is 18.2 Å². The van der Waals surface area contributed by atoms with Gasteiger partial charge in [0, 0.05) is 5.56 Å². The number of carbonyl (C=O) groups excluding carboxylic acids is 1. The first-order chi connectivity index (χ1) is 6.81. The van der Waals surface area contributed by atoms with Crippen molar-refractivity contribution in [2.75, 3.05) is 20.3 Å². The molecule has 0 aliphatic carbocycles. The molecule has 0 fully saturated rings. The fourth-order valence-electron chi connectivity index (χ4n) is 1.58. The van der Waals surface area contributed by atoms with Crippen LogP contribution in [0, 0.1) is 0 Å². The summed E-state index contributed by atoms with van der Waals surface area (Å²) in [4.78, 5) is 11.6. The SMILES string of the molecule is COc1ccc2c(c1)C(=O)COCC2. The normalized spacial score (nSPS) is 15.9. The highest BCUT2D eigenvalue weighted by Gasteiger charge is 2.16. The summed E-state index contributed by atoms with van der Waals surface area (Å²) in [6.07, 6.45) is 0.797. The van der Waals surface area contributed by atoms with Gasteiger partial charge >= 0.3 is 0 Å². The van der Waals surface area contributed by atoms with Crippen molar-refractivity contribution in [1.82, 2.24) is 0 Å². The predicted molar refractivity (Wildman–Crippen MR) is 51.8 cm³/mol. The lowest BCUT2D eigenvalue weighted by Gasteiger charge is -2.05. The number of fused-ring (bicyclic) bond motifs is 1. The number of methoxy groups -OCH3 is 1. The molecular weight excluding hydrogens is 180 g/mol. The molecular formula is C11H12O3. The Hall–Kier alpha value is -1.35. The Kier molecular flexibility index (Phi) is 2.50. The number of ether oxygens (including phenoxy) is 2. The predicted octanol–water partition coefficient (Wildman–Crippen LogP) is 1.45. The third kappa shape index (κ3) is 1.63. The van der Waals surface area contributed by atoms with Crippen molar-refractivity contribution in [3.63, 3.8) is 0 Å². The lowest BCUT2D eigenvalue weighted by atomic mass is 10.0. The van der Waals surface area contributed by atoms with Crippen LogP contribution in [0.5, 0.6) is 5.75 Å². The van der Waals surface area contributed by atoms with Crippen molar-refractivity contribution in [1.29, 1.82) is 0 Å². The zero-order valence-corrected chi connectivity index (χ0v) is 8.08. The minimum atomic E-state index is 0.0383. The molecule has 2 rings (SSSR count). The molecule has 3 nitrogen and oxygen atoms in total. The molecule has 0 saturated heterocycles. The van der Waals surface area contributed by atoms with Gasteiger partial charge in [-0.05, 0) is 24.1 Å². The van der Waals surface area contributed by atoms with E-state index in [1.54, 1.807) is 13.2 Å². The van der Waals surface area contributed by atoms with Crippen molar-refractivity contribution >= 4 is 5.78 Å². The summed E-state index contributed by atoms with van der Waals surface area (Å²) in [6, 6.07) is 5.59. The van der Waals surface area contributed by atoms with E-state index in [1.807, 2.05) is 12.1 Å². The second-order valence-electron chi connectivity index (χ2n) is 3.25. The van der Waals surface area contributed by atoms with Gasteiger partial charge in [-0.3, -0.25) is 4.79 Å². The summed E-state index contributed by atoms with van der Waals surface area (Å²) in [6.45, 7) is 0.797. The molecule has 0 radical (unpaired) electrons. The van der Waals surface area contributed by atoms with E-state index in [1.165, 1.54) is 0 Å². The van der Waals surface area contributed by atoms with Gasteiger partial charge < -0.3 is 9.47 Å². The molecule has 74 valence electrons. The first-order valence-corrected chi connectivity index (χ1v) is 4.59. The second kappa shape index (κ2) is 3.80. The summed E-state index contributed by atoms with van der Waals surface area (Å²) in [7, 11) is 1.60. The quantitative estimate of drug-likeness (QED) is 0.675. The maximum atomic E-state index is 11.6. The van der Waals surface area contributed by atoms with Crippen LogP contribution in [-0.2, 0) is 11.2 Å². The number of benzene rings is 1. The highest BCUT2D eigenvalue weighted by Crippen LogP contribution is 2.20. The number of hydrogen-bond donors (Lipinski definition) is 0. The number of Topliss-reactive ketones (excluding diaryl/α,β-unsaturated/α-hetero) is 1. The molecule has 1 aliphatic rings. The van der Waals surface area contributed by atoms with Crippen LogP contribution in [0.1, 0.15) is 15.9 Å². The van der Waals surface area contributed by atoms with Crippen LogP contribution >= 0.6 is 0 Å². The minimum Gasteiger partial charge on any atom is -0.497 e. The molecule has 0 saturated carbocycles. The third-order valence-electron chi connectivity index (χ3n) is 2.37. The van der Waals surface area contributed by atoms with Gasteiger partial charge in [0.1, 0.15) is 12.4 Å². The van der Waals surface area contributed by atoms with Gasteiger partial charge in [-0.15, -0.1) is 0 Å². The van der Waals surface area contributed by atoms with E-state index < -0.39 is 0 Å². The van der Waals surface area contributed by atoms with E-state index in [-0.39, 0.29) is 12.4 Å². The zero-order chi connectivity index (χ0) is 9.97. The first-order valence-electron chi connectivity index (χ1n) is 4.59. The summed E-state index contributed by atoms with van der Waals surface area (Å²) in [5, 5.41) is 0. The van der Waals surface area contributed by atoms with Gasteiger partial charge in [0.25, 0.3) is 0 Å². The Morgan fingerprint density at radius 2 is 2.29 bits per heavy atom. The van der Waals surface area contributed by atoms with Crippen molar-refractivity contribution in [3.8, 4) is 5.75 Å². The Morgan fingerprint density at radius 3 is 3.07 bits per heavy atom. The van der Waals surface area contributed by atoms with Crippen LogP contribution in [0.4, 0.5) is 0 Å². The molecule has 14 heavy (non-hydrogen) atoms. The van der Waals surface area contributed by atoms with E-state index in [4.69, 9.17) is 9.47 Å². The maximum Gasteiger partial charge on any atom is 0.188 e. The fourth-order valence-corrected chi connectivity index (χ4v) is 1.58. The number of carbonyl (C=O) groups is 1. The molecule has 0 amide bonds. The smallest absolute Gasteiger partial charge is 0.188 e. The van der Waals surface area contributed by atoms with Crippen LogP contribution in [-0.4, -0.2) is 26.1 Å². The Morgan fingerprint density at radius 1 is 1.43 bits per heavy atom. The lowest BCUT2D eigenvalue weighted by Crippen LogP contribution is -2.06. The summed E-state index contributed by atoms with van der Waals surface area (Å²) >= 11 is 0. The Labute approximate surface area is 82.6 Å². The lowest BCUT2D eigenvalue weighted by molar-refractivity contribution is 0.0788. The molecule has 3 heteroatoms. The van der Waals surface area contributed by atoms with Crippen molar-refractivity contribution in [3.05, 3.63) is 29.3 Å². The molecule has 1 aromatic carbocycles. The average Bonchev–Trinajstić information content (AvgIpc) is 2.40. The van der Waals surface area contributed by atoms with Gasteiger partial charge in [0.05, 0.1) is 13.7 Å². The molecule has 0 spiro atoms. The van der Waals surface area contributed by atoms with Crippen LogP contribution in [0.2, 0.25) is 0 Å². The molecule has 0 aromatic heterocycles. The molecule has 0 bridgehead atoms. The molecule has 1 aliphatic heterocycles. The Balaban J connectivity index is 2.44. The van der Waals surface area contributed by atoms with Crippen LogP contribution in [0.3, 0.4) is 0 Å². The monoisotopic (exact) mass is 192 g/mol. The first kappa shape index (κ1) is 9.21. The van der Waals surface area contributed by atoms with Gasteiger partial charge in [-0.25, -0.2) is 0 Å². The average molecular weight is 192 g/mol. The standard InChI is InChI=1S/C11H12O3/c1-13-9-3-2-8-4-5-14-7-11(12)10(8)6-9/h2-3,6H,4-5,7H2,1H3. The highest BCUT2D eigenvalue weighted by molar-refractivity contribution is 5.99. The summed E-state index contributed by atoms with van der Waals surface area (Å²) in [5.74, 6) is 0.760. The number of hydrogen-bond acceptors (Lipinski definition) is 3. The van der Waals surface area contributed by atoms with Gasteiger partial charge in [0.15, 0.2) is 5.78 Å². The Bertz CT molecular complexity index is 358. The zero-order valence-electron chi connectivity index (χ0n) is 8.08. The number of ketones is 1. The van der Waals surface area contributed by atoms with Crippen LogP contribution in [0.25, 0.3) is 0 Å². The fraction of sp³-hybridized carbons (Fsp3) is 0.364. The second-order valence-corrected chi connectivity index (χ2v) is 3.25. The molecule has 0 unspecified atom stereocenters. The van der Waals surface area contributed by atoms with Gasteiger partial charge in [-0.2, -0.15) is 0 Å². The molecule has 0 atom stereocenters. The van der Waals surface area contributed by atoms with E-state index in [0.717, 1.165) is 23.3 Å². The topological polar surface area (TPSA) is 35.5 Å². The highest BCUT2D eigenvalue weighted by atomic mass is 16.5. The van der Waals surface area contributed by atoms with Gasteiger partial charge in [-0.1, -0.05) is 6.07 Å². The summed E-state index contributed by atoms with van der Waals surface area (Å²) < 4.78 is 10.2. The minimum absolute atomic E-state index is 0.0383. The van der Waals surface area contributed by atoms with Gasteiger partial charge in [0.2, 0.25) is 0 Å². The third-order valence-corrected chi connectivity index (χ3v) is 2.37. The van der Waals surface area contributed by atoms with E-state index in [0.29, 0.717) is 6.61 Å². The maximum absolute atomic E-state index is 11.6. The van der Waals surface area contributed by atoms with Crippen molar-refractivity contribution in [2.45, 2.75) is 6.42 Å². The van der Waals surface area contributed by atoms with Crippen molar-refractivity contribution < 1.29 is 14.3 Å². The molecule has 1 heterocycles. The molecule has 1 aromatic rings. The number of rotatable bonds is 1. The van der Waals surface area contributed by atoms with Crippen molar-refractivity contribution in [2.24, 2.45) is 0 Å². The van der Waals surface area contributed by atoms with E-state index in [9.17, 15) is 4.79 Å². The van der Waals surface area contributed by atoms with E-state index in [2.05, 4.69) is 0 Å². The van der Waals surface area contributed by atoms with Crippen LogP contribution < -0.4 is 4.74 Å². The summed E-state index contributed by atoms with van der Waals surface area (Å²) in [5.41, 5.74) is 1.79. The molecule has 0 N–H and O–H groups in total. The largest absolute Gasteiger partial charge is 0.497 e.